The van der Waals surface area contributed by atoms with Crippen LogP contribution in [0.25, 0.3) is 0 Å². The number of carbonyl (C=O) groups excluding carboxylic acids is 1. The van der Waals surface area contributed by atoms with Gasteiger partial charge in [-0.15, -0.1) is 6.58 Å². The second kappa shape index (κ2) is 6.49. The molecule has 0 aromatic rings. The first-order valence-electron chi connectivity index (χ1n) is 8.24. The largest absolute Gasteiger partial charge is 0.480 e. The van der Waals surface area contributed by atoms with Crippen LogP contribution in [-0.2, 0) is 14.1 Å². The number of urea groups is 1. The molecule has 3 atom stereocenters. The minimum absolute atomic E-state index is 0.00172. The van der Waals surface area contributed by atoms with Crippen molar-refractivity contribution in [2.45, 2.75) is 63.5 Å². The lowest BCUT2D eigenvalue weighted by Gasteiger charge is -2.43. The van der Waals surface area contributed by atoms with E-state index in [9.17, 15) is 14.7 Å². The quantitative estimate of drug-likeness (QED) is 0.584. The Morgan fingerprint density at radius 3 is 2.58 bits per heavy atom. The SMILES string of the molecule is C=CCON1C(=O)N2C[C@H]1[C@@H](O[Si](C)(C)C(C)(C)C)C[C@H]2C(=O)O. The van der Waals surface area contributed by atoms with Crippen LogP contribution < -0.4 is 0 Å². The van der Waals surface area contributed by atoms with Gasteiger partial charge in [0, 0.05) is 13.0 Å². The van der Waals surface area contributed by atoms with Crippen LogP contribution in [0, 0.1) is 0 Å². The Morgan fingerprint density at radius 2 is 2.08 bits per heavy atom. The van der Waals surface area contributed by atoms with Gasteiger partial charge in [-0.3, -0.25) is 4.84 Å². The summed E-state index contributed by atoms with van der Waals surface area (Å²) >= 11 is 0. The number of amides is 2. The van der Waals surface area contributed by atoms with Crippen LogP contribution in [-0.4, -0.2) is 66.7 Å². The third-order valence-corrected chi connectivity index (χ3v) is 9.75. The summed E-state index contributed by atoms with van der Waals surface area (Å²) < 4.78 is 6.46. The molecule has 1 N–H and O–H groups in total. The smallest absolute Gasteiger partial charge is 0.345 e. The number of carboxylic acids is 1. The number of piperidine rings is 1. The zero-order chi connectivity index (χ0) is 18.3. The van der Waals surface area contributed by atoms with Crippen LogP contribution in [0.3, 0.4) is 0 Å². The van der Waals surface area contributed by atoms with E-state index in [0.29, 0.717) is 6.54 Å². The Hall–Kier alpha value is -1.38. The fraction of sp³-hybridized carbons (Fsp3) is 0.750. The summed E-state index contributed by atoms with van der Waals surface area (Å²) in [4.78, 5) is 31.0. The topological polar surface area (TPSA) is 79.3 Å². The molecule has 0 radical (unpaired) electrons. The average Bonchev–Trinajstić information content (AvgIpc) is 2.72. The molecule has 0 aliphatic carbocycles. The van der Waals surface area contributed by atoms with E-state index >= 15 is 0 Å². The lowest BCUT2D eigenvalue weighted by Crippen LogP contribution is -2.55. The summed E-state index contributed by atoms with van der Waals surface area (Å²) in [6.45, 7) is 14.8. The standard InChI is InChI=1S/C16H28N2O5Si/c1-7-8-22-18-12-10-17(15(18)21)11(14(19)20)9-13(12)23-24(5,6)16(2,3)4/h7,11-13H,1,8-10H2,2-6H3,(H,19,20)/t11-,12-,13-/m0/s1. The molecule has 0 saturated carbocycles. The molecule has 2 bridgehead atoms. The molecule has 24 heavy (non-hydrogen) atoms. The maximum atomic E-state index is 12.5. The second-order valence-electron chi connectivity index (χ2n) is 7.92. The van der Waals surface area contributed by atoms with Crippen LogP contribution in [0.4, 0.5) is 4.79 Å². The number of hydrogen-bond acceptors (Lipinski definition) is 4. The first-order chi connectivity index (χ1) is 11.0. The summed E-state index contributed by atoms with van der Waals surface area (Å²) in [6.07, 6.45) is 1.50. The molecule has 2 aliphatic heterocycles. The molecule has 2 heterocycles. The second-order valence-corrected chi connectivity index (χ2v) is 12.7. The number of carbonyl (C=O) groups is 2. The van der Waals surface area contributed by atoms with E-state index < -0.39 is 26.4 Å². The average molecular weight is 356 g/mol. The van der Waals surface area contributed by atoms with Crippen molar-refractivity contribution < 1.29 is 24.0 Å². The van der Waals surface area contributed by atoms with Crippen molar-refractivity contribution >= 4 is 20.3 Å². The van der Waals surface area contributed by atoms with Crippen molar-refractivity contribution in [1.82, 2.24) is 9.96 Å². The number of carboxylic acid groups (broad SMARTS) is 1. The van der Waals surface area contributed by atoms with Crippen molar-refractivity contribution in [3.8, 4) is 0 Å². The highest BCUT2D eigenvalue weighted by Crippen LogP contribution is 2.41. The van der Waals surface area contributed by atoms with Gasteiger partial charge in [0.1, 0.15) is 12.1 Å². The third-order valence-electron chi connectivity index (χ3n) is 5.25. The van der Waals surface area contributed by atoms with Crippen LogP contribution in [0.5, 0.6) is 0 Å². The number of hydroxylamine groups is 2. The van der Waals surface area contributed by atoms with Crippen molar-refractivity contribution in [3.05, 3.63) is 12.7 Å². The van der Waals surface area contributed by atoms with Gasteiger partial charge < -0.3 is 14.4 Å². The molecule has 0 spiro atoms. The molecule has 0 unspecified atom stereocenters. The summed E-state index contributed by atoms with van der Waals surface area (Å²) in [5.74, 6) is -1.00. The minimum atomic E-state index is -2.10. The zero-order valence-corrected chi connectivity index (χ0v) is 16.1. The van der Waals surface area contributed by atoms with E-state index in [-0.39, 0.29) is 30.2 Å². The Bertz CT molecular complexity index is 531. The van der Waals surface area contributed by atoms with Gasteiger partial charge in [-0.25, -0.2) is 9.59 Å². The van der Waals surface area contributed by atoms with Gasteiger partial charge in [-0.2, -0.15) is 5.06 Å². The van der Waals surface area contributed by atoms with E-state index in [4.69, 9.17) is 9.26 Å². The molecule has 0 aromatic carbocycles. The third kappa shape index (κ3) is 3.36. The van der Waals surface area contributed by atoms with E-state index in [2.05, 4.69) is 40.4 Å². The molecule has 2 fully saturated rings. The molecule has 2 rings (SSSR count). The van der Waals surface area contributed by atoms with Gasteiger partial charge in [0.15, 0.2) is 8.32 Å². The van der Waals surface area contributed by atoms with Crippen molar-refractivity contribution in [3.63, 3.8) is 0 Å². The molecule has 8 heteroatoms. The first-order valence-corrected chi connectivity index (χ1v) is 11.1. The number of nitrogens with zero attached hydrogens (tertiary/aromatic N) is 2. The van der Waals surface area contributed by atoms with Crippen molar-refractivity contribution in [1.29, 1.82) is 0 Å². The van der Waals surface area contributed by atoms with Gasteiger partial charge in [-0.05, 0) is 18.1 Å². The highest BCUT2D eigenvalue weighted by Gasteiger charge is 2.55. The molecule has 2 aliphatic rings. The van der Waals surface area contributed by atoms with Gasteiger partial charge in [0.25, 0.3) is 0 Å². The summed E-state index contributed by atoms with van der Waals surface area (Å²) in [7, 11) is -2.10. The normalized spacial score (nSPS) is 27.5. The predicted octanol–water partition coefficient (Wildman–Crippen LogP) is 2.46. The maximum Gasteiger partial charge on any atom is 0.345 e. The number of aliphatic carboxylic acids is 1. The van der Waals surface area contributed by atoms with Crippen LogP contribution in [0.1, 0.15) is 27.2 Å². The monoisotopic (exact) mass is 356 g/mol. The Labute approximate surface area is 144 Å². The highest BCUT2D eigenvalue weighted by atomic mass is 28.4. The highest BCUT2D eigenvalue weighted by molar-refractivity contribution is 6.74. The van der Waals surface area contributed by atoms with E-state index in [1.807, 2.05) is 0 Å². The van der Waals surface area contributed by atoms with E-state index in [1.165, 1.54) is 9.96 Å². The molecular weight excluding hydrogens is 328 g/mol. The predicted molar refractivity (Wildman–Crippen MR) is 92.0 cm³/mol. The molecule has 2 amide bonds. The molecule has 0 aromatic heterocycles. The van der Waals surface area contributed by atoms with Crippen LogP contribution in [0.2, 0.25) is 18.1 Å². The Kier molecular flexibility index (Phi) is 5.13. The summed E-state index contributed by atoms with van der Waals surface area (Å²) in [5, 5.41) is 10.8. The number of fused-ring (bicyclic) bond motifs is 2. The van der Waals surface area contributed by atoms with E-state index in [1.54, 1.807) is 6.08 Å². The molecule has 136 valence electrons. The fourth-order valence-corrected chi connectivity index (χ4v) is 4.22. The summed E-state index contributed by atoms with van der Waals surface area (Å²) in [5.41, 5.74) is 0. The number of rotatable bonds is 6. The molecular formula is C16H28N2O5Si. The van der Waals surface area contributed by atoms with Gasteiger partial charge in [0.2, 0.25) is 0 Å². The van der Waals surface area contributed by atoms with Crippen LogP contribution in [0.15, 0.2) is 12.7 Å². The lowest BCUT2D eigenvalue weighted by molar-refractivity contribution is -0.147. The Balaban J connectivity index is 2.28. The van der Waals surface area contributed by atoms with Gasteiger partial charge >= 0.3 is 12.0 Å². The van der Waals surface area contributed by atoms with Crippen molar-refractivity contribution in [2.75, 3.05) is 13.2 Å². The summed E-state index contributed by atoms with van der Waals surface area (Å²) in [6, 6.07) is -1.57. The Morgan fingerprint density at radius 1 is 1.46 bits per heavy atom. The first kappa shape index (κ1) is 18.9. The zero-order valence-electron chi connectivity index (χ0n) is 15.1. The van der Waals surface area contributed by atoms with Gasteiger partial charge in [-0.1, -0.05) is 26.8 Å². The lowest BCUT2D eigenvalue weighted by atomic mass is 9.98. The maximum absolute atomic E-state index is 12.5. The number of hydrogen-bond donors (Lipinski definition) is 1. The van der Waals surface area contributed by atoms with Gasteiger partial charge in [0.05, 0.1) is 12.7 Å². The van der Waals surface area contributed by atoms with E-state index in [0.717, 1.165) is 0 Å². The van der Waals surface area contributed by atoms with Crippen LogP contribution >= 0.6 is 0 Å². The molecule has 7 nitrogen and oxygen atoms in total. The fourth-order valence-electron chi connectivity index (χ4n) is 2.86. The minimum Gasteiger partial charge on any atom is -0.480 e. The molecule has 2 saturated heterocycles. The van der Waals surface area contributed by atoms with Crippen molar-refractivity contribution in [2.24, 2.45) is 0 Å².